The largest absolute Gasteiger partial charge is 0.393 e. The van der Waals surface area contributed by atoms with E-state index in [9.17, 15) is 5.11 Å². The van der Waals surface area contributed by atoms with Crippen LogP contribution in [0.25, 0.3) is 0 Å². The van der Waals surface area contributed by atoms with E-state index in [1.165, 1.54) is 5.56 Å². The van der Waals surface area contributed by atoms with Gasteiger partial charge in [-0.15, -0.1) is 0 Å². The van der Waals surface area contributed by atoms with Crippen molar-refractivity contribution in [2.45, 2.75) is 51.0 Å². The third kappa shape index (κ3) is 4.11. The fourth-order valence-electron chi connectivity index (χ4n) is 3.13. The van der Waals surface area contributed by atoms with E-state index in [1.807, 2.05) is 18.2 Å². The van der Waals surface area contributed by atoms with Gasteiger partial charge in [-0.1, -0.05) is 29.3 Å². The average Bonchev–Trinajstić information content (AvgIpc) is 2.45. The van der Waals surface area contributed by atoms with Crippen molar-refractivity contribution in [1.82, 2.24) is 0 Å². The Labute approximate surface area is 131 Å². The van der Waals surface area contributed by atoms with E-state index < -0.39 is 0 Å². The Kier molecular flexibility index (Phi) is 5.74. The number of rotatable bonds is 5. The van der Waals surface area contributed by atoms with Crippen molar-refractivity contribution in [2.24, 2.45) is 11.1 Å². The third-order valence-corrected chi connectivity index (χ3v) is 5.34. The van der Waals surface area contributed by atoms with Gasteiger partial charge in [0.25, 0.3) is 0 Å². The summed E-state index contributed by atoms with van der Waals surface area (Å²) in [4.78, 5) is 0. The number of hydrogen-bond donors (Lipinski definition) is 2. The lowest BCUT2D eigenvalue weighted by molar-refractivity contribution is 0.0607. The molecule has 0 atom stereocenters. The van der Waals surface area contributed by atoms with Crippen LogP contribution in [0.15, 0.2) is 18.2 Å². The quantitative estimate of drug-likeness (QED) is 0.855. The first-order valence-electron chi connectivity index (χ1n) is 7.37. The van der Waals surface area contributed by atoms with E-state index in [2.05, 4.69) is 0 Å². The van der Waals surface area contributed by atoms with Crippen molar-refractivity contribution in [3.63, 3.8) is 0 Å². The molecule has 2 nitrogen and oxygen atoms in total. The maximum Gasteiger partial charge on any atom is 0.0595 e. The predicted octanol–water partition coefficient (Wildman–Crippen LogP) is 4.20. The lowest BCUT2D eigenvalue weighted by Gasteiger charge is -2.38. The Morgan fingerprint density at radius 1 is 1.20 bits per heavy atom. The van der Waals surface area contributed by atoms with Gasteiger partial charge in [-0.2, -0.15) is 0 Å². The number of aliphatic hydroxyl groups is 1. The van der Waals surface area contributed by atoms with Gasteiger partial charge in [0.1, 0.15) is 0 Å². The SMILES string of the molecule is NCC1(CCCc2ccc(Cl)c(Cl)c2)CCC(O)CC1. The van der Waals surface area contributed by atoms with Gasteiger partial charge in [0, 0.05) is 0 Å². The zero-order valence-electron chi connectivity index (χ0n) is 11.7. The Morgan fingerprint density at radius 2 is 1.90 bits per heavy atom. The Balaban J connectivity index is 1.86. The molecule has 1 aliphatic rings. The first kappa shape index (κ1) is 16.1. The summed E-state index contributed by atoms with van der Waals surface area (Å²) in [6.45, 7) is 0.723. The van der Waals surface area contributed by atoms with E-state index in [-0.39, 0.29) is 11.5 Å². The summed E-state index contributed by atoms with van der Waals surface area (Å²) in [6, 6.07) is 5.84. The molecule has 0 bridgehead atoms. The van der Waals surface area contributed by atoms with Crippen molar-refractivity contribution in [3.05, 3.63) is 33.8 Å². The van der Waals surface area contributed by atoms with Crippen LogP contribution in [0.5, 0.6) is 0 Å². The minimum atomic E-state index is -0.121. The van der Waals surface area contributed by atoms with Crippen LogP contribution in [0.4, 0.5) is 0 Å². The smallest absolute Gasteiger partial charge is 0.0595 e. The summed E-state index contributed by atoms with van der Waals surface area (Å²) in [5.74, 6) is 0. The molecular formula is C16H23Cl2NO. The van der Waals surface area contributed by atoms with E-state index >= 15 is 0 Å². The van der Waals surface area contributed by atoms with Gasteiger partial charge in [-0.05, 0) is 74.6 Å². The Bertz CT molecular complexity index is 442. The number of aliphatic hydroxyl groups excluding tert-OH is 1. The minimum absolute atomic E-state index is 0.121. The highest BCUT2D eigenvalue weighted by atomic mass is 35.5. The predicted molar refractivity (Wildman–Crippen MR) is 85.4 cm³/mol. The van der Waals surface area contributed by atoms with Crippen LogP contribution in [0.2, 0.25) is 10.0 Å². The summed E-state index contributed by atoms with van der Waals surface area (Å²) >= 11 is 12.0. The molecule has 0 aliphatic heterocycles. The molecule has 1 aromatic carbocycles. The summed E-state index contributed by atoms with van der Waals surface area (Å²) in [5, 5.41) is 10.9. The van der Waals surface area contributed by atoms with Crippen LogP contribution in [-0.2, 0) is 6.42 Å². The number of benzene rings is 1. The van der Waals surface area contributed by atoms with Crippen LogP contribution >= 0.6 is 23.2 Å². The van der Waals surface area contributed by atoms with Crippen LogP contribution in [0.1, 0.15) is 44.1 Å². The zero-order valence-corrected chi connectivity index (χ0v) is 13.3. The molecule has 4 heteroatoms. The molecule has 0 unspecified atom stereocenters. The molecule has 0 aromatic heterocycles. The minimum Gasteiger partial charge on any atom is -0.393 e. The van der Waals surface area contributed by atoms with Gasteiger partial charge in [0.05, 0.1) is 16.1 Å². The van der Waals surface area contributed by atoms with Gasteiger partial charge in [0.15, 0.2) is 0 Å². The third-order valence-electron chi connectivity index (χ3n) is 4.61. The molecule has 0 heterocycles. The standard InChI is InChI=1S/C16H23Cl2NO/c17-14-4-3-12(10-15(14)18)2-1-7-16(11-19)8-5-13(20)6-9-16/h3-4,10,13,20H,1-2,5-9,11,19H2. The maximum atomic E-state index is 9.63. The number of hydrogen-bond acceptors (Lipinski definition) is 2. The first-order valence-corrected chi connectivity index (χ1v) is 8.12. The second-order valence-corrected chi connectivity index (χ2v) is 6.85. The Hall–Kier alpha value is -0.280. The summed E-state index contributed by atoms with van der Waals surface area (Å²) in [6.07, 6.45) is 6.99. The van der Waals surface area contributed by atoms with Crippen molar-refractivity contribution >= 4 is 23.2 Å². The highest BCUT2D eigenvalue weighted by Crippen LogP contribution is 2.39. The van der Waals surface area contributed by atoms with Gasteiger partial charge in [-0.3, -0.25) is 0 Å². The molecule has 1 saturated carbocycles. The summed E-state index contributed by atoms with van der Waals surface area (Å²) in [7, 11) is 0. The second kappa shape index (κ2) is 7.13. The lowest BCUT2D eigenvalue weighted by atomic mass is 9.70. The molecule has 20 heavy (non-hydrogen) atoms. The molecule has 1 aromatic rings. The van der Waals surface area contributed by atoms with Gasteiger partial charge >= 0.3 is 0 Å². The van der Waals surface area contributed by atoms with E-state index in [4.69, 9.17) is 28.9 Å². The van der Waals surface area contributed by atoms with Crippen molar-refractivity contribution in [2.75, 3.05) is 6.54 Å². The van der Waals surface area contributed by atoms with Crippen LogP contribution in [0, 0.1) is 5.41 Å². The van der Waals surface area contributed by atoms with Crippen molar-refractivity contribution < 1.29 is 5.11 Å². The Morgan fingerprint density at radius 3 is 2.50 bits per heavy atom. The van der Waals surface area contributed by atoms with Crippen molar-refractivity contribution in [3.8, 4) is 0 Å². The van der Waals surface area contributed by atoms with E-state index in [0.29, 0.717) is 10.0 Å². The monoisotopic (exact) mass is 315 g/mol. The van der Waals surface area contributed by atoms with Crippen molar-refractivity contribution in [1.29, 1.82) is 0 Å². The molecule has 0 spiro atoms. The molecule has 112 valence electrons. The molecule has 0 radical (unpaired) electrons. The lowest BCUT2D eigenvalue weighted by Crippen LogP contribution is -2.36. The normalized spacial score (nSPS) is 26.7. The molecule has 2 rings (SSSR count). The molecular weight excluding hydrogens is 293 g/mol. The fraction of sp³-hybridized carbons (Fsp3) is 0.625. The molecule has 1 fully saturated rings. The van der Waals surface area contributed by atoms with Crippen LogP contribution in [0.3, 0.4) is 0 Å². The van der Waals surface area contributed by atoms with E-state index in [0.717, 1.165) is 51.5 Å². The number of halogens is 2. The maximum absolute atomic E-state index is 9.63. The topological polar surface area (TPSA) is 46.2 Å². The highest BCUT2D eigenvalue weighted by molar-refractivity contribution is 6.42. The number of aryl methyl sites for hydroxylation is 1. The summed E-state index contributed by atoms with van der Waals surface area (Å²) < 4.78 is 0. The molecule has 0 saturated heterocycles. The van der Waals surface area contributed by atoms with Gasteiger partial charge < -0.3 is 10.8 Å². The highest BCUT2D eigenvalue weighted by Gasteiger charge is 2.32. The summed E-state index contributed by atoms with van der Waals surface area (Å²) in [5.41, 5.74) is 7.44. The molecule has 0 amide bonds. The van der Waals surface area contributed by atoms with Gasteiger partial charge in [0.2, 0.25) is 0 Å². The zero-order chi connectivity index (χ0) is 14.6. The fourth-order valence-corrected chi connectivity index (χ4v) is 3.45. The van der Waals surface area contributed by atoms with Crippen LogP contribution < -0.4 is 5.73 Å². The van der Waals surface area contributed by atoms with Gasteiger partial charge in [-0.25, -0.2) is 0 Å². The number of nitrogens with two attached hydrogens (primary N) is 1. The van der Waals surface area contributed by atoms with E-state index in [1.54, 1.807) is 0 Å². The average molecular weight is 316 g/mol. The molecule has 1 aliphatic carbocycles. The first-order chi connectivity index (χ1) is 9.54. The molecule has 3 N–H and O–H groups in total. The van der Waals surface area contributed by atoms with Crippen LogP contribution in [-0.4, -0.2) is 17.8 Å². The second-order valence-electron chi connectivity index (χ2n) is 6.04.